The third-order valence-corrected chi connectivity index (χ3v) is 10.3. The first-order valence-electron chi connectivity index (χ1n) is 19.2. The topological polar surface area (TPSA) is 237 Å². The number of carbonyl (C=O) groups excluding carboxylic acids is 5. The van der Waals surface area contributed by atoms with Gasteiger partial charge >= 0.3 is 0 Å². The van der Waals surface area contributed by atoms with Gasteiger partial charge in [-0.25, -0.2) is 4.57 Å². The highest BCUT2D eigenvalue weighted by Crippen LogP contribution is 2.27. The van der Waals surface area contributed by atoms with Gasteiger partial charge in [0.25, 0.3) is 0 Å². The van der Waals surface area contributed by atoms with Gasteiger partial charge in [-0.3, -0.25) is 29.4 Å². The van der Waals surface area contributed by atoms with Gasteiger partial charge in [-0.1, -0.05) is 57.4 Å². The van der Waals surface area contributed by atoms with E-state index >= 15 is 0 Å². The molecule has 0 radical (unpaired) electrons. The fraction of sp³-hybridized carbons (Fsp3) is 0.550. The predicted molar refractivity (Wildman–Crippen MR) is 204 cm³/mol. The second kappa shape index (κ2) is 19.8. The Hall–Kier alpha value is -5.34. The summed E-state index contributed by atoms with van der Waals surface area (Å²) in [5.74, 6) is -3.74. The van der Waals surface area contributed by atoms with E-state index in [1.807, 2.05) is 50.0 Å². The smallest absolute Gasteiger partial charge is 0.245 e. The number of nitrogens with one attached hydrogen (secondary N) is 6. The highest BCUT2D eigenvalue weighted by atomic mass is 16.3. The Bertz CT molecular complexity index is 1710. The van der Waals surface area contributed by atoms with Crippen LogP contribution in [0.5, 0.6) is 0 Å². The van der Waals surface area contributed by atoms with Crippen molar-refractivity contribution < 1.29 is 33.6 Å². The average molecular weight is 760 g/mol. The molecule has 1 aliphatic heterocycles. The van der Waals surface area contributed by atoms with Gasteiger partial charge < -0.3 is 42.4 Å². The molecular weight excluding hydrogens is 702 g/mol. The number of amides is 5. The number of nitrogens with zero attached hydrogens (tertiary/aromatic N) is 2. The second-order valence-electron chi connectivity index (χ2n) is 15.3. The molecule has 2 heterocycles. The molecule has 1 aromatic heterocycles. The maximum atomic E-state index is 14.4. The molecule has 2 aromatic rings. The predicted octanol–water partition coefficient (Wildman–Crippen LogP) is 0.494. The summed E-state index contributed by atoms with van der Waals surface area (Å²) in [5.41, 5.74) is 7.57. The normalized spacial score (nSPS) is 18.1. The summed E-state index contributed by atoms with van der Waals surface area (Å²) in [6.45, 7) is 5.45. The summed E-state index contributed by atoms with van der Waals surface area (Å²) in [4.78, 5) is 70.1. The van der Waals surface area contributed by atoms with Crippen LogP contribution in [0.2, 0.25) is 0 Å². The summed E-state index contributed by atoms with van der Waals surface area (Å²) in [6.07, 6.45) is 9.21. The lowest BCUT2D eigenvalue weighted by Crippen LogP contribution is -2.61. The molecule has 298 valence electrons. The Kier molecular flexibility index (Phi) is 15.3. The van der Waals surface area contributed by atoms with Crippen molar-refractivity contribution >= 4 is 41.3 Å². The molecule has 8 N–H and O–H groups in total. The molecule has 1 aromatic carbocycles. The molecule has 5 amide bonds. The number of amidine groups is 1. The first kappa shape index (κ1) is 42.4. The summed E-state index contributed by atoms with van der Waals surface area (Å²) >= 11 is 0. The number of rotatable bonds is 17. The molecule has 1 saturated heterocycles. The summed E-state index contributed by atoms with van der Waals surface area (Å²) in [6, 6.07) is 5.40. The van der Waals surface area contributed by atoms with Gasteiger partial charge in [-0.2, -0.15) is 0 Å². The van der Waals surface area contributed by atoms with E-state index in [2.05, 4.69) is 21.3 Å². The van der Waals surface area contributed by atoms with Crippen molar-refractivity contribution in [1.29, 1.82) is 10.8 Å². The van der Waals surface area contributed by atoms with Crippen LogP contribution < -0.4 is 36.7 Å². The minimum absolute atomic E-state index is 0.00209. The van der Waals surface area contributed by atoms with E-state index in [1.165, 1.54) is 11.8 Å². The fourth-order valence-corrected chi connectivity index (χ4v) is 7.58. The summed E-state index contributed by atoms with van der Waals surface area (Å²) in [7, 11) is 1.84. The van der Waals surface area contributed by atoms with E-state index in [4.69, 9.17) is 16.6 Å². The van der Waals surface area contributed by atoms with Crippen molar-refractivity contribution in [3.63, 3.8) is 0 Å². The van der Waals surface area contributed by atoms with Gasteiger partial charge in [0, 0.05) is 43.5 Å². The molecule has 5 atom stereocenters. The number of likely N-dealkylation sites (tertiary alicyclic amines) is 1. The number of hydrogen-bond acceptors (Lipinski definition) is 8. The molecule has 0 spiro atoms. The van der Waals surface area contributed by atoms with E-state index in [-0.39, 0.29) is 36.9 Å². The van der Waals surface area contributed by atoms with Crippen LogP contribution in [0.1, 0.15) is 88.8 Å². The Balaban J connectivity index is 1.61. The molecule has 1 aliphatic carbocycles. The van der Waals surface area contributed by atoms with Crippen LogP contribution in [-0.4, -0.2) is 82.9 Å². The van der Waals surface area contributed by atoms with Gasteiger partial charge in [-0.05, 0) is 61.5 Å². The van der Waals surface area contributed by atoms with E-state index in [9.17, 15) is 29.1 Å². The Morgan fingerprint density at radius 1 is 0.836 bits per heavy atom. The van der Waals surface area contributed by atoms with Crippen LogP contribution in [0.3, 0.4) is 0 Å². The van der Waals surface area contributed by atoms with Gasteiger partial charge in [-0.15, -0.1) is 0 Å². The van der Waals surface area contributed by atoms with Gasteiger partial charge in [0.15, 0.2) is 12.4 Å². The molecule has 15 nitrogen and oxygen atoms in total. The average Bonchev–Trinajstić information content (AvgIpc) is 3.63. The maximum absolute atomic E-state index is 14.4. The maximum Gasteiger partial charge on any atom is 0.245 e. The molecule has 2 fully saturated rings. The lowest BCUT2D eigenvalue weighted by molar-refractivity contribution is -0.671. The van der Waals surface area contributed by atoms with Crippen molar-refractivity contribution in [1.82, 2.24) is 26.2 Å². The first-order chi connectivity index (χ1) is 26.1. The number of aryl methyl sites for hydroxylation is 1. The lowest BCUT2D eigenvalue weighted by atomic mass is 9.83. The first-order valence-corrected chi connectivity index (χ1v) is 19.2. The van der Waals surface area contributed by atoms with Gasteiger partial charge in [0.05, 0.1) is 6.04 Å². The third-order valence-electron chi connectivity index (χ3n) is 10.3. The van der Waals surface area contributed by atoms with Crippen LogP contribution >= 0.6 is 0 Å². The Morgan fingerprint density at radius 2 is 1.45 bits per heavy atom. The monoisotopic (exact) mass is 759 g/mol. The second-order valence-corrected chi connectivity index (χ2v) is 15.3. The number of aromatic nitrogens is 1. The molecule has 2 aliphatic rings. The van der Waals surface area contributed by atoms with Gasteiger partial charge in [0.1, 0.15) is 37.1 Å². The molecule has 1 saturated carbocycles. The molecule has 55 heavy (non-hydrogen) atoms. The van der Waals surface area contributed by atoms with Crippen molar-refractivity contribution in [2.24, 2.45) is 24.6 Å². The van der Waals surface area contributed by atoms with Crippen molar-refractivity contribution in [3.05, 3.63) is 65.5 Å². The van der Waals surface area contributed by atoms with Crippen LogP contribution in [0.4, 0.5) is 0 Å². The van der Waals surface area contributed by atoms with Crippen molar-refractivity contribution in [3.8, 4) is 0 Å². The number of nitrogen functional groups attached to an aromatic ring is 1. The molecule has 0 bridgehead atoms. The summed E-state index contributed by atoms with van der Waals surface area (Å²) < 4.78 is 1.82. The third kappa shape index (κ3) is 12.3. The Labute approximate surface area is 323 Å². The number of hydrogen-bond donors (Lipinski definition) is 7. The minimum Gasteiger partial charge on any atom is -0.861 e. The van der Waals surface area contributed by atoms with E-state index in [1.54, 1.807) is 24.3 Å². The fourth-order valence-electron chi connectivity index (χ4n) is 7.58. The van der Waals surface area contributed by atoms with Crippen molar-refractivity contribution in [2.45, 2.75) is 115 Å². The van der Waals surface area contributed by atoms with E-state index in [0.717, 1.165) is 24.8 Å². The molecular formula is C40H57N9O6. The van der Waals surface area contributed by atoms with Gasteiger partial charge in [0.2, 0.25) is 29.5 Å². The van der Waals surface area contributed by atoms with Crippen LogP contribution in [0, 0.1) is 22.7 Å². The highest BCUT2D eigenvalue weighted by Gasteiger charge is 2.38. The number of pyridine rings is 1. The minimum atomic E-state index is -1.14. The lowest BCUT2D eigenvalue weighted by Gasteiger charge is -2.34. The van der Waals surface area contributed by atoms with Crippen LogP contribution in [-0.2, 0) is 43.9 Å². The summed E-state index contributed by atoms with van der Waals surface area (Å²) in [5, 5.41) is 38.8. The van der Waals surface area contributed by atoms with E-state index < -0.39 is 65.6 Å². The Morgan fingerprint density at radius 3 is 2.05 bits per heavy atom. The molecule has 4 rings (SSSR count). The largest absolute Gasteiger partial charge is 0.861 e. The molecule has 0 unspecified atom stereocenters. The molecule has 15 heteroatoms. The number of carbonyl (C=O) groups is 5. The standard InChI is InChI=1S/C40H57N9O6/c1-24(2)20-32(40(55)49-19-9-13-33(49)36(43)51)46-37(52)31(22-27-10-8-18-48(4)23-27)45-39(54)34(28-11-6-5-7-12-28)47-38(53)30(44-25(3)50)21-26-14-16-29(17-15-26)35(41)42/h8,10,14-18,23-24,28,30-34H,5-7,9,11-13,19-22H2,1-4H3,(H8-,41,42,43,44,45,46,47,50,51,52,53,54)/t30-,31-,32-,33-,34-/m0/s1. The zero-order valence-electron chi connectivity index (χ0n) is 32.4. The van der Waals surface area contributed by atoms with E-state index in [0.29, 0.717) is 43.4 Å². The van der Waals surface area contributed by atoms with Crippen LogP contribution in [0.15, 0.2) is 48.8 Å². The number of benzene rings is 1. The van der Waals surface area contributed by atoms with Crippen LogP contribution in [0.25, 0.3) is 0 Å². The zero-order chi connectivity index (χ0) is 40.2. The SMILES string of the molecule is CC(=O)N[C@@H](Cc1ccc(C(=N)N)cc1)C(=O)N[C@H](C(=O)N[C@@H](Cc1ccc[n+](C)c1)C(=O)N[C@@H](CC(C)C)C(=O)N1CCC[C@H]1C(=N)[O-])C1CCCCC1. The highest BCUT2D eigenvalue weighted by molar-refractivity contribution is 5.97. The quantitative estimate of drug-likeness (QED) is 0.0684. The van der Waals surface area contributed by atoms with Crippen molar-refractivity contribution in [2.75, 3.05) is 6.54 Å². The number of nitrogens with two attached hydrogens (primary N) is 1. The zero-order valence-corrected chi connectivity index (χ0v) is 32.4.